The van der Waals surface area contributed by atoms with Crippen LogP contribution in [0.2, 0.25) is 0 Å². The van der Waals surface area contributed by atoms with Gasteiger partial charge in [0.1, 0.15) is 4.83 Å². The normalized spacial score (nSPS) is 16.0. The molecule has 29 heavy (non-hydrogen) atoms. The smallest absolute Gasteiger partial charge is 0.189 e. The monoisotopic (exact) mass is 430 g/mol. The van der Waals surface area contributed by atoms with Gasteiger partial charge in [-0.3, -0.25) is 0 Å². The first-order chi connectivity index (χ1) is 13.8. The van der Waals surface area contributed by atoms with Crippen LogP contribution in [0, 0.1) is 0 Å². The molecule has 0 saturated carbocycles. The van der Waals surface area contributed by atoms with Crippen LogP contribution in [-0.2, 0) is 17.8 Å². The summed E-state index contributed by atoms with van der Waals surface area (Å²) in [4.78, 5) is 18.4. The predicted octanol–water partition coefficient (Wildman–Crippen LogP) is 5.78. The van der Waals surface area contributed by atoms with Crippen molar-refractivity contribution in [3.05, 3.63) is 16.8 Å². The van der Waals surface area contributed by atoms with Gasteiger partial charge in [0.05, 0.1) is 28.1 Å². The molecule has 0 radical (unpaired) electrons. The highest BCUT2D eigenvalue weighted by molar-refractivity contribution is 7.98. The van der Waals surface area contributed by atoms with Gasteiger partial charge >= 0.3 is 0 Å². The first-order valence-corrected chi connectivity index (χ1v) is 12.4. The van der Waals surface area contributed by atoms with Gasteiger partial charge in [0.25, 0.3) is 0 Å². The lowest BCUT2D eigenvalue weighted by Gasteiger charge is -2.33. The zero-order valence-electron chi connectivity index (χ0n) is 18.4. The fourth-order valence-electron chi connectivity index (χ4n) is 4.17. The molecule has 4 heterocycles. The van der Waals surface area contributed by atoms with Crippen molar-refractivity contribution in [3.8, 4) is 0 Å². The molecule has 0 amide bonds. The van der Waals surface area contributed by atoms with E-state index in [0.717, 1.165) is 51.2 Å². The van der Waals surface area contributed by atoms with E-state index in [1.807, 2.05) is 6.26 Å². The Bertz CT molecular complexity index is 1070. The number of hydrogen-bond donors (Lipinski definition) is 0. The maximum Gasteiger partial charge on any atom is 0.189 e. The molecule has 0 bridgehead atoms. The van der Waals surface area contributed by atoms with Crippen molar-refractivity contribution < 1.29 is 4.74 Å². The van der Waals surface area contributed by atoms with Crippen molar-refractivity contribution in [1.29, 1.82) is 0 Å². The van der Waals surface area contributed by atoms with Gasteiger partial charge in [0, 0.05) is 30.5 Å². The molecule has 0 spiro atoms. The molecule has 0 atom stereocenters. The van der Waals surface area contributed by atoms with E-state index in [-0.39, 0.29) is 5.60 Å². The predicted molar refractivity (Wildman–Crippen MR) is 125 cm³/mol. The number of thiophene rings is 1. The van der Waals surface area contributed by atoms with Crippen molar-refractivity contribution in [1.82, 2.24) is 15.0 Å². The van der Waals surface area contributed by atoms with E-state index in [9.17, 15) is 0 Å². The van der Waals surface area contributed by atoms with Crippen molar-refractivity contribution in [2.75, 3.05) is 24.2 Å². The Morgan fingerprint density at radius 2 is 1.86 bits per heavy atom. The minimum atomic E-state index is -0.180. The minimum absolute atomic E-state index is 0.180. The Morgan fingerprint density at radius 3 is 2.48 bits per heavy atom. The average Bonchev–Trinajstić information content (AvgIpc) is 3.06. The number of aromatic nitrogens is 3. The Hall–Kier alpha value is -1.44. The van der Waals surface area contributed by atoms with Gasteiger partial charge in [-0.05, 0) is 45.4 Å². The molecule has 5 nitrogen and oxygen atoms in total. The number of thioether (sulfide) groups is 1. The number of pyridine rings is 1. The van der Waals surface area contributed by atoms with E-state index in [2.05, 4.69) is 46.4 Å². The number of ether oxygens (including phenoxy) is 1. The standard InChI is InChI=1S/C22H30N4OS2/c1-8-26(9-2)19-18-17(24-21(25-19)28-7)15-13-10-22(5,6)27-11-14(13)16(12(3)4)23-20(15)29-18/h12H,8-11H2,1-7H3. The Kier molecular flexibility index (Phi) is 5.51. The summed E-state index contributed by atoms with van der Waals surface area (Å²) < 4.78 is 7.33. The van der Waals surface area contributed by atoms with Crippen LogP contribution < -0.4 is 4.90 Å². The number of anilines is 1. The molecule has 0 N–H and O–H groups in total. The van der Waals surface area contributed by atoms with E-state index in [4.69, 9.17) is 19.7 Å². The van der Waals surface area contributed by atoms with E-state index in [0.29, 0.717) is 12.5 Å². The number of hydrogen-bond acceptors (Lipinski definition) is 7. The summed E-state index contributed by atoms with van der Waals surface area (Å²) in [6, 6.07) is 0. The summed E-state index contributed by atoms with van der Waals surface area (Å²) >= 11 is 3.35. The lowest BCUT2D eigenvalue weighted by molar-refractivity contribution is -0.0402. The second-order valence-corrected chi connectivity index (χ2v) is 10.3. The molecule has 1 aliphatic heterocycles. The molecule has 3 aromatic heterocycles. The van der Waals surface area contributed by atoms with Crippen LogP contribution in [0.3, 0.4) is 0 Å². The maximum absolute atomic E-state index is 6.18. The number of nitrogens with zero attached hydrogens (tertiary/aromatic N) is 4. The highest BCUT2D eigenvalue weighted by Crippen LogP contribution is 2.44. The van der Waals surface area contributed by atoms with Gasteiger partial charge in [-0.1, -0.05) is 25.6 Å². The third-order valence-electron chi connectivity index (χ3n) is 5.68. The van der Waals surface area contributed by atoms with Crippen LogP contribution >= 0.6 is 23.1 Å². The zero-order valence-corrected chi connectivity index (χ0v) is 20.1. The summed E-state index contributed by atoms with van der Waals surface area (Å²) in [6.07, 6.45) is 2.93. The van der Waals surface area contributed by atoms with Crippen LogP contribution in [0.15, 0.2) is 5.16 Å². The van der Waals surface area contributed by atoms with Gasteiger partial charge in [-0.2, -0.15) is 0 Å². The molecule has 0 saturated heterocycles. The van der Waals surface area contributed by atoms with Gasteiger partial charge in [0.15, 0.2) is 11.0 Å². The van der Waals surface area contributed by atoms with Crippen molar-refractivity contribution in [3.63, 3.8) is 0 Å². The van der Waals surface area contributed by atoms with E-state index >= 15 is 0 Å². The summed E-state index contributed by atoms with van der Waals surface area (Å²) in [5.74, 6) is 1.40. The first kappa shape index (κ1) is 20.8. The Balaban J connectivity index is 2.12. The van der Waals surface area contributed by atoms with Crippen LogP contribution in [0.1, 0.15) is 64.3 Å². The second kappa shape index (κ2) is 7.67. The number of rotatable bonds is 5. The maximum atomic E-state index is 6.18. The lowest BCUT2D eigenvalue weighted by Crippen LogP contribution is -2.33. The van der Waals surface area contributed by atoms with Crippen LogP contribution in [0.25, 0.3) is 20.4 Å². The van der Waals surface area contributed by atoms with Crippen LogP contribution in [0.5, 0.6) is 0 Å². The molecule has 7 heteroatoms. The SMILES string of the molecule is CCN(CC)c1nc(SC)nc2c1sc1nc(C(C)C)c3c(c12)CC(C)(C)OC3. The quantitative estimate of drug-likeness (QED) is 0.378. The van der Waals surface area contributed by atoms with Gasteiger partial charge in [-0.25, -0.2) is 15.0 Å². The molecule has 0 aliphatic carbocycles. The third kappa shape index (κ3) is 3.51. The third-order valence-corrected chi connectivity index (χ3v) is 7.29. The summed E-state index contributed by atoms with van der Waals surface area (Å²) in [6.45, 7) is 15.6. The largest absolute Gasteiger partial charge is 0.370 e. The van der Waals surface area contributed by atoms with Crippen molar-refractivity contribution in [2.24, 2.45) is 0 Å². The van der Waals surface area contributed by atoms with Crippen molar-refractivity contribution in [2.45, 2.75) is 71.2 Å². The minimum Gasteiger partial charge on any atom is -0.370 e. The first-order valence-electron chi connectivity index (χ1n) is 10.4. The zero-order chi connectivity index (χ0) is 20.9. The summed E-state index contributed by atoms with van der Waals surface area (Å²) in [7, 11) is 0. The molecule has 0 unspecified atom stereocenters. The van der Waals surface area contributed by atoms with Gasteiger partial charge in [0.2, 0.25) is 0 Å². The fourth-order valence-corrected chi connectivity index (χ4v) is 5.70. The molecule has 3 aromatic rings. The fraction of sp³-hybridized carbons (Fsp3) is 0.591. The highest BCUT2D eigenvalue weighted by atomic mass is 32.2. The highest BCUT2D eigenvalue weighted by Gasteiger charge is 2.32. The van der Waals surface area contributed by atoms with E-state index in [1.54, 1.807) is 23.1 Å². The van der Waals surface area contributed by atoms with Crippen LogP contribution in [0.4, 0.5) is 5.82 Å². The molecular weight excluding hydrogens is 400 g/mol. The van der Waals surface area contributed by atoms with Gasteiger partial charge in [-0.15, -0.1) is 11.3 Å². The summed E-state index contributed by atoms with van der Waals surface area (Å²) in [5.41, 5.74) is 4.68. The molecular formula is C22H30N4OS2. The lowest BCUT2D eigenvalue weighted by atomic mass is 9.87. The molecule has 156 valence electrons. The molecule has 1 aliphatic rings. The average molecular weight is 431 g/mol. The Labute approximate surface area is 181 Å². The molecule has 0 fully saturated rings. The van der Waals surface area contributed by atoms with Gasteiger partial charge < -0.3 is 9.64 Å². The molecule has 4 rings (SSSR count). The van der Waals surface area contributed by atoms with E-state index in [1.165, 1.54) is 16.5 Å². The second-order valence-electron chi connectivity index (χ2n) is 8.50. The number of fused-ring (bicyclic) bond motifs is 5. The summed E-state index contributed by atoms with van der Waals surface area (Å²) in [5, 5.41) is 2.04. The van der Waals surface area contributed by atoms with Crippen LogP contribution in [-0.4, -0.2) is 39.9 Å². The van der Waals surface area contributed by atoms with E-state index < -0.39 is 0 Å². The topological polar surface area (TPSA) is 51.1 Å². The molecule has 0 aromatic carbocycles. The van der Waals surface area contributed by atoms with Crippen molar-refractivity contribution >= 4 is 49.3 Å². The Morgan fingerprint density at radius 1 is 1.14 bits per heavy atom.